The van der Waals surface area contributed by atoms with Crippen LogP contribution in [0.3, 0.4) is 0 Å². The van der Waals surface area contributed by atoms with Crippen LogP contribution >= 0.6 is 0 Å². The molecule has 4 aliphatic carbocycles. The van der Waals surface area contributed by atoms with Crippen LogP contribution in [-0.4, -0.2) is 32.0 Å². The second-order valence-electron chi connectivity index (χ2n) is 9.05. The van der Waals surface area contributed by atoms with Crippen molar-refractivity contribution < 1.29 is 23.1 Å². The van der Waals surface area contributed by atoms with E-state index in [9.17, 15) is 13.2 Å². The molecule has 0 spiro atoms. The predicted octanol–water partition coefficient (Wildman–Crippen LogP) is 4.28. The van der Waals surface area contributed by atoms with E-state index >= 15 is 0 Å². The number of fused-ring (bicyclic) bond motifs is 1. The zero-order chi connectivity index (χ0) is 19.4. The molecule has 4 fully saturated rings. The predicted molar refractivity (Wildman–Crippen MR) is 91.2 cm³/mol. The number of aryl methyl sites for hydroxylation is 1. The van der Waals surface area contributed by atoms with Crippen molar-refractivity contribution in [1.29, 1.82) is 0 Å². The van der Waals surface area contributed by atoms with Crippen LogP contribution in [0.2, 0.25) is 0 Å². The average Bonchev–Trinajstić information content (AvgIpc) is 2.99. The number of carbonyl (C=O) groups is 1. The maximum Gasteiger partial charge on any atom is 0.490 e. The van der Waals surface area contributed by atoms with Crippen LogP contribution in [0.5, 0.6) is 0 Å². The topological polar surface area (TPSA) is 68.0 Å². The van der Waals surface area contributed by atoms with Gasteiger partial charge in [-0.1, -0.05) is 0 Å². The highest BCUT2D eigenvalue weighted by Crippen LogP contribution is 2.60. The number of rotatable bonds is 1. The number of hydrogen-bond acceptors (Lipinski definition) is 3. The van der Waals surface area contributed by atoms with Crippen molar-refractivity contribution in [2.24, 2.45) is 17.8 Å². The van der Waals surface area contributed by atoms with Gasteiger partial charge in [-0.15, -0.1) is 10.2 Å². The summed E-state index contributed by atoms with van der Waals surface area (Å²) in [5, 5.41) is 16.5. The van der Waals surface area contributed by atoms with Gasteiger partial charge in [-0.25, -0.2) is 4.79 Å². The van der Waals surface area contributed by atoms with Gasteiger partial charge in [0.05, 0.1) is 0 Å². The summed E-state index contributed by atoms with van der Waals surface area (Å²) in [6, 6.07) is 0.622. The van der Waals surface area contributed by atoms with E-state index < -0.39 is 12.1 Å². The molecular weight excluding hydrogens is 359 g/mol. The minimum Gasteiger partial charge on any atom is -0.475 e. The Kier molecular flexibility index (Phi) is 4.50. The van der Waals surface area contributed by atoms with Crippen LogP contribution in [0.4, 0.5) is 13.2 Å². The standard InChI is InChI=1S/C17H25N3.C2HF3O2/c1-11-3-2-4-15-18-19-16(20(11)15)17-8-12-5-13(9-17)7-14(6-12)10-17;3-2(4,5)1(6)7/h11-14H,2-10H2,1H3;(H,6,7). The van der Waals surface area contributed by atoms with E-state index in [2.05, 4.69) is 16.6 Å². The molecule has 0 amide bonds. The molecule has 1 N–H and O–H groups in total. The summed E-state index contributed by atoms with van der Waals surface area (Å²) in [5.74, 6) is 2.88. The van der Waals surface area contributed by atoms with E-state index in [0.717, 1.165) is 24.2 Å². The molecule has 0 aromatic carbocycles. The molecule has 8 heteroatoms. The molecule has 1 aliphatic heterocycles. The molecule has 0 saturated heterocycles. The highest BCUT2D eigenvalue weighted by atomic mass is 19.4. The van der Waals surface area contributed by atoms with Gasteiger partial charge >= 0.3 is 12.1 Å². The summed E-state index contributed by atoms with van der Waals surface area (Å²) < 4.78 is 34.3. The Morgan fingerprint density at radius 2 is 1.63 bits per heavy atom. The van der Waals surface area contributed by atoms with Crippen LogP contribution in [0.15, 0.2) is 0 Å². The molecule has 6 rings (SSSR count). The summed E-state index contributed by atoms with van der Waals surface area (Å²) in [6.45, 7) is 2.37. The molecule has 150 valence electrons. The van der Waals surface area contributed by atoms with Crippen LogP contribution in [-0.2, 0) is 16.6 Å². The minimum atomic E-state index is -5.08. The molecule has 1 aromatic rings. The fourth-order valence-corrected chi connectivity index (χ4v) is 6.39. The maximum atomic E-state index is 10.6. The largest absolute Gasteiger partial charge is 0.490 e. The lowest BCUT2D eigenvalue weighted by Gasteiger charge is -2.56. The van der Waals surface area contributed by atoms with Gasteiger partial charge in [-0.2, -0.15) is 13.2 Å². The number of aliphatic carboxylic acids is 1. The fourth-order valence-electron chi connectivity index (χ4n) is 6.39. The van der Waals surface area contributed by atoms with Gasteiger partial charge in [-0.3, -0.25) is 0 Å². The second kappa shape index (κ2) is 6.48. The van der Waals surface area contributed by atoms with Gasteiger partial charge in [-0.05, 0) is 76.0 Å². The Hall–Kier alpha value is -1.60. The van der Waals surface area contributed by atoms with E-state index in [1.54, 1.807) is 0 Å². The summed E-state index contributed by atoms with van der Waals surface area (Å²) in [4.78, 5) is 8.90. The van der Waals surface area contributed by atoms with E-state index in [0.29, 0.717) is 11.5 Å². The average molecular weight is 385 g/mol. The summed E-state index contributed by atoms with van der Waals surface area (Å²) in [6.07, 6.45) is 7.41. The maximum absolute atomic E-state index is 10.6. The number of nitrogens with zero attached hydrogens (tertiary/aromatic N) is 3. The Morgan fingerprint density at radius 3 is 2.11 bits per heavy atom. The monoisotopic (exact) mass is 385 g/mol. The molecule has 0 radical (unpaired) electrons. The second-order valence-corrected chi connectivity index (χ2v) is 9.05. The molecule has 2 heterocycles. The molecule has 4 saturated carbocycles. The smallest absolute Gasteiger partial charge is 0.475 e. The molecule has 27 heavy (non-hydrogen) atoms. The quantitative estimate of drug-likeness (QED) is 0.784. The zero-order valence-electron chi connectivity index (χ0n) is 15.5. The third-order valence-corrected chi connectivity index (χ3v) is 6.98. The third kappa shape index (κ3) is 3.36. The van der Waals surface area contributed by atoms with E-state index in [1.165, 1.54) is 63.0 Å². The first-order valence-electron chi connectivity index (χ1n) is 9.92. The number of carboxylic acid groups (broad SMARTS) is 1. The van der Waals surface area contributed by atoms with Crippen LogP contribution < -0.4 is 0 Å². The number of halogens is 3. The molecule has 1 unspecified atom stereocenters. The van der Waals surface area contributed by atoms with Crippen molar-refractivity contribution in [3.63, 3.8) is 0 Å². The minimum absolute atomic E-state index is 0.408. The van der Waals surface area contributed by atoms with Crippen molar-refractivity contribution in [3.8, 4) is 0 Å². The summed E-state index contributed by atoms with van der Waals surface area (Å²) >= 11 is 0. The lowest BCUT2D eigenvalue weighted by Crippen LogP contribution is -2.50. The number of carboxylic acids is 1. The highest BCUT2D eigenvalue weighted by molar-refractivity contribution is 5.73. The number of alkyl halides is 3. The lowest BCUT2D eigenvalue weighted by molar-refractivity contribution is -0.192. The lowest BCUT2D eigenvalue weighted by atomic mass is 9.49. The molecule has 1 atom stereocenters. The van der Waals surface area contributed by atoms with Crippen molar-refractivity contribution >= 4 is 5.97 Å². The number of aromatic nitrogens is 3. The van der Waals surface area contributed by atoms with Crippen LogP contribution in [0.1, 0.15) is 76.0 Å². The van der Waals surface area contributed by atoms with Crippen molar-refractivity contribution in [2.45, 2.75) is 82.3 Å². The van der Waals surface area contributed by atoms with E-state index in [-0.39, 0.29) is 0 Å². The van der Waals surface area contributed by atoms with Crippen molar-refractivity contribution in [2.75, 3.05) is 0 Å². The number of hydrogen-bond donors (Lipinski definition) is 1. The normalized spacial score (nSPS) is 36.7. The van der Waals surface area contributed by atoms with Gasteiger partial charge in [0.15, 0.2) is 0 Å². The first-order chi connectivity index (χ1) is 12.7. The van der Waals surface area contributed by atoms with Crippen molar-refractivity contribution in [1.82, 2.24) is 14.8 Å². The van der Waals surface area contributed by atoms with Crippen LogP contribution in [0.25, 0.3) is 0 Å². The highest BCUT2D eigenvalue weighted by Gasteiger charge is 2.54. The molecule has 1 aromatic heterocycles. The molecule has 5 aliphatic rings. The van der Waals surface area contributed by atoms with Gasteiger partial charge in [0, 0.05) is 17.9 Å². The summed E-state index contributed by atoms with van der Waals surface area (Å²) in [5.41, 5.74) is 0.408. The molecule has 5 nitrogen and oxygen atoms in total. The van der Waals surface area contributed by atoms with Gasteiger partial charge in [0.2, 0.25) is 0 Å². The van der Waals surface area contributed by atoms with Crippen molar-refractivity contribution in [3.05, 3.63) is 11.6 Å². The SMILES string of the molecule is CC1CCCc2nnc(C34CC5CC(CC(C5)C3)C4)n21.O=C(O)C(F)(F)F. The Morgan fingerprint density at radius 1 is 1.11 bits per heavy atom. The first kappa shape index (κ1) is 18.7. The van der Waals surface area contributed by atoms with Gasteiger partial charge in [0.25, 0.3) is 0 Å². The Balaban J connectivity index is 0.000000224. The van der Waals surface area contributed by atoms with Crippen LogP contribution in [0, 0.1) is 17.8 Å². The Bertz CT molecular complexity index is 693. The molecule has 4 bridgehead atoms. The third-order valence-electron chi connectivity index (χ3n) is 6.98. The summed E-state index contributed by atoms with van der Waals surface area (Å²) in [7, 11) is 0. The molecular formula is C19H26F3N3O2. The van der Waals surface area contributed by atoms with E-state index in [4.69, 9.17) is 15.0 Å². The first-order valence-corrected chi connectivity index (χ1v) is 9.92. The fraction of sp³-hybridized carbons (Fsp3) is 0.842. The van der Waals surface area contributed by atoms with Gasteiger partial charge in [0.1, 0.15) is 11.6 Å². The van der Waals surface area contributed by atoms with E-state index in [1.807, 2.05) is 0 Å². The Labute approximate surface area is 156 Å². The zero-order valence-corrected chi connectivity index (χ0v) is 15.5. The van der Waals surface area contributed by atoms with Gasteiger partial charge < -0.3 is 9.67 Å².